The van der Waals surface area contributed by atoms with Crippen molar-refractivity contribution in [1.82, 2.24) is 4.57 Å². The summed E-state index contributed by atoms with van der Waals surface area (Å²) in [6.07, 6.45) is 1.80. The Balaban J connectivity index is 2.37. The second-order valence-corrected chi connectivity index (χ2v) is 4.47. The first kappa shape index (κ1) is 11.0. The summed E-state index contributed by atoms with van der Waals surface area (Å²) >= 11 is 1.21. The number of benzene rings is 1. The summed E-state index contributed by atoms with van der Waals surface area (Å²) in [6.45, 7) is 2.59. The lowest BCUT2D eigenvalue weighted by Crippen LogP contribution is -2.13. The Kier molecular flexibility index (Phi) is 3.10. The lowest BCUT2D eigenvalue weighted by Gasteiger charge is -2.09. The van der Waals surface area contributed by atoms with Crippen molar-refractivity contribution in [1.29, 1.82) is 0 Å². The fraction of sp³-hybridized carbons (Fsp3) is 0.250. The van der Waals surface area contributed by atoms with E-state index in [0.29, 0.717) is 6.54 Å². The van der Waals surface area contributed by atoms with E-state index in [1.807, 2.05) is 25.1 Å². The number of thiazole rings is 1. The Morgan fingerprint density at radius 3 is 2.88 bits per heavy atom. The van der Waals surface area contributed by atoms with Crippen LogP contribution in [0.5, 0.6) is 5.75 Å². The average molecular weight is 235 g/mol. The third-order valence-electron chi connectivity index (χ3n) is 2.42. The van der Waals surface area contributed by atoms with Crippen LogP contribution in [0.1, 0.15) is 11.1 Å². The molecular formula is C12H13NO2S. The molecule has 0 N–H and O–H groups in total. The van der Waals surface area contributed by atoms with Crippen molar-refractivity contribution in [2.24, 2.45) is 0 Å². The number of hydrogen-bond donors (Lipinski definition) is 0. The van der Waals surface area contributed by atoms with Crippen LogP contribution in [-0.4, -0.2) is 11.7 Å². The molecular weight excluding hydrogens is 222 g/mol. The molecule has 0 saturated carbocycles. The molecule has 0 saturated heterocycles. The smallest absolute Gasteiger partial charge is 0.307 e. The third-order valence-corrected chi connectivity index (χ3v) is 3.11. The number of methoxy groups -OCH3 is 1. The Labute approximate surface area is 97.9 Å². The van der Waals surface area contributed by atoms with Crippen molar-refractivity contribution >= 4 is 11.3 Å². The van der Waals surface area contributed by atoms with Crippen LogP contribution in [0.4, 0.5) is 0 Å². The van der Waals surface area contributed by atoms with Crippen LogP contribution < -0.4 is 9.61 Å². The van der Waals surface area contributed by atoms with Crippen molar-refractivity contribution < 1.29 is 4.74 Å². The number of hydrogen-bond acceptors (Lipinski definition) is 3. The summed E-state index contributed by atoms with van der Waals surface area (Å²) in [5, 5.41) is 1.80. The van der Waals surface area contributed by atoms with E-state index in [-0.39, 0.29) is 4.87 Å². The molecule has 1 heterocycles. The van der Waals surface area contributed by atoms with Crippen LogP contribution in [0.2, 0.25) is 0 Å². The van der Waals surface area contributed by atoms with E-state index in [4.69, 9.17) is 4.74 Å². The lowest BCUT2D eigenvalue weighted by atomic mass is 10.1. The van der Waals surface area contributed by atoms with E-state index < -0.39 is 0 Å². The van der Waals surface area contributed by atoms with Gasteiger partial charge in [-0.25, -0.2) is 0 Å². The summed E-state index contributed by atoms with van der Waals surface area (Å²) in [5.41, 5.74) is 2.20. The monoisotopic (exact) mass is 235 g/mol. The van der Waals surface area contributed by atoms with E-state index in [9.17, 15) is 4.79 Å². The van der Waals surface area contributed by atoms with Crippen molar-refractivity contribution in [2.45, 2.75) is 13.5 Å². The predicted octanol–water partition coefficient (Wildman–Crippen LogP) is 2.28. The summed E-state index contributed by atoms with van der Waals surface area (Å²) in [7, 11) is 1.64. The molecule has 1 aromatic heterocycles. The SMILES string of the molecule is COc1ccc(C)cc1Cn1ccsc1=O. The third kappa shape index (κ3) is 2.17. The predicted molar refractivity (Wildman–Crippen MR) is 65.4 cm³/mol. The maximum absolute atomic E-state index is 11.4. The fourth-order valence-corrected chi connectivity index (χ4v) is 2.21. The number of nitrogens with zero attached hydrogens (tertiary/aromatic N) is 1. The van der Waals surface area contributed by atoms with Gasteiger partial charge in [0.1, 0.15) is 5.75 Å². The van der Waals surface area contributed by atoms with Gasteiger partial charge in [-0.1, -0.05) is 29.0 Å². The standard InChI is InChI=1S/C12H13NO2S/c1-9-3-4-11(15-2)10(7-9)8-13-5-6-16-12(13)14/h3-7H,8H2,1-2H3. The molecule has 16 heavy (non-hydrogen) atoms. The summed E-state index contributed by atoms with van der Waals surface area (Å²) in [4.78, 5) is 11.5. The zero-order valence-corrected chi connectivity index (χ0v) is 10.1. The van der Waals surface area contributed by atoms with Crippen molar-refractivity contribution in [3.05, 3.63) is 50.6 Å². The first-order chi connectivity index (χ1) is 7.70. The van der Waals surface area contributed by atoms with Crippen LogP contribution >= 0.6 is 11.3 Å². The Morgan fingerprint density at radius 2 is 2.25 bits per heavy atom. The summed E-state index contributed by atoms with van der Waals surface area (Å²) in [5.74, 6) is 0.823. The van der Waals surface area contributed by atoms with Gasteiger partial charge in [0.25, 0.3) is 0 Å². The van der Waals surface area contributed by atoms with Crippen LogP contribution in [0, 0.1) is 6.92 Å². The van der Waals surface area contributed by atoms with E-state index >= 15 is 0 Å². The van der Waals surface area contributed by atoms with E-state index in [1.54, 1.807) is 23.3 Å². The number of aromatic nitrogens is 1. The van der Waals surface area contributed by atoms with Gasteiger partial charge in [-0.15, -0.1) is 0 Å². The second-order valence-electron chi connectivity index (χ2n) is 3.61. The van der Waals surface area contributed by atoms with Gasteiger partial charge >= 0.3 is 4.87 Å². The van der Waals surface area contributed by atoms with Gasteiger partial charge in [0, 0.05) is 17.1 Å². The Hall–Kier alpha value is -1.55. The fourth-order valence-electron chi connectivity index (χ4n) is 1.62. The molecule has 0 atom stereocenters. The highest BCUT2D eigenvalue weighted by molar-refractivity contribution is 7.07. The molecule has 2 aromatic rings. The molecule has 4 heteroatoms. The van der Waals surface area contributed by atoms with E-state index in [2.05, 4.69) is 0 Å². The van der Waals surface area contributed by atoms with Gasteiger partial charge in [-0.3, -0.25) is 4.79 Å². The highest BCUT2D eigenvalue weighted by atomic mass is 32.1. The molecule has 0 amide bonds. The quantitative estimate of drug-likeness (QED) is 0.817. The molecule has 0 unspecified atom stereocenters. The van der Waals surface area contributed by atoms with Crippen LogP contribution in [0.3, 0.4) is 0 Å². The second kappa shape index (κ2) is 4.53. The van der Waals surface area contributed by atoms with E-state index in [0.717, 1.165) is 11.3 Å². The number of aryl methyl sites for hydroxylation is 1. The number of ether oxygens (including phenoxy) is 1. The van der Waals surface area contributed by atoms with Gasteiger partial charge in [-0.2, -0.15) is 0 Å². The van der Waals surface area contributed by atoms with Crippen LogP contribution in [0.25, 0.3) is 0 Å². The van der Waals surface area contributed by atoms with Gasteiger partial charge in [0.15, 0.2) is 0 Å². The average Bonchev–Trinajstić information content (AvgIpc) is 2.65. The van der Waals surface area contributed by atoms with Crippen LogP contribution in [0.15, 0.2) is 34.6 Å². The molecule has 0 aliphatic heterocycles. The molecule has 0 radical (unpaired) electrons. The molecule has 84 valence electrons. The zero-order chi connectivity index (χ0) is 11.5. The normalized spacial score (nSPS) is 10.4. The molecule has 0 aliphatic rings. The minimum atomic E-state index is 0.0589. The minimum Gasteiger partial charge on any atom is -0.496 e. The topological polar surface area (TPSA) is 31.2 Å². The first-order valence-electron chi connectivity index (χ1n) is 4.98. The van der Waals surface area contributed by atoms with Gasteiger partial charge in [-0.05, 0) is 13.0 Å². The Morgan fingerprint density at radius 1 is 1.44 bits per heavy atom. The van der Waals surface area contributed by atoms with Crippen molar-refractivity contribution in [3.63, 3.8) is 0 Å². The molecule has 3 nitrogen and oxygen atoms in total. The first-order valence-corrected chi connectivity index (χ1v) is 5.86. The maximum Gasteiger partial charge on any atom is 0.307 e. The van der Waals surface area contributed by atoms with E-state index in [1.165, 1.54) is 16.9 Å². The lowest BCUT2D eigenvalue weighted by molar-refractivity contribution is 0.408. The molecule has 1 aromatic carbocycles. The molecule has 0 spiro atoms. The molecule has 2 rings (SSSR count). The number of rotatable bonds is 3. The minimum absolute atomic E-state index is 0.0589. The zero-order valence-electron chi connectivity index (χ0n) is 9.27. The summed E-state index contributed by atoms with van der Waals surface area (Å²) in [6, 6.07) is 5.98. The van der Waals surface area contributed by atoms with Gasteiger partial charge in [0.2, 0.25) is 0 Å². The highest BCUT2D eigenvalue weighted by Gasteiger charge is 2.05. The molecule has 0 aliphatic carbocycles. The van der Waals surface area contributed by atoms with Crippen molar-refractivity contribution in [2.75, 3.05) is 7.11 Å². The van der Waals surface area contributed by atoms with Gasteiger partial charge in [0.05, 0.1) is 13.7 Å². The Bertz CT molecular complexity index is 542. The van der Waals surface area contributed by atoms with Crippen molar-refractivity contribution in [3.8, 4) is 5.75 Å². The van der Waals surface area contributed by atoms with Crippen LogP contribution in [-0.2, 0) is 6.54 Å². The largest absolute Gasteiger partial charge is 0.496 e. The summed E-state index contributed by atoms with van der Waals surface area (Å²) < 4.78 is 6.96. The maximum atomic E-state index is 11.4. The molecule has 0 fully saturated rings. The molecule has 0 bridgehead atoms. The van der Waals surface area contributed by atoms with Gasteiger partial charge < -0.3 is 9.30 Å². The highest BCUT2D eigenvalue weighted by Crippen LogP contribution is 2.20.